The molecule has 2 aliphatic rings. The van der Waals surface area contributed by atoms with E-state index in [0.29, 0.717) is 18.6 Å². The summed E-state index contributed by atoms with van der Waals surface area (Å²) in [6.45, 7) is 7.26. The molecule has 0 spiro atoms. The smallest absolute Gasteiger partial charge is 0.242 e. The van der Waals surface area contributed by atoms with E-state index in [1.165, 1.54) is 0 Å². The van der Waals surface area contributed by atoms with E-state index in [4.69, 9.17) is 4.74 Å². The first-order chi connectivity index (χ1) is 7.18. The molecule has 4 heteroatoms. The van der Waals surface area contributed by atoms with Crippen LogP contribution in [0.25, 0.3) is 0 Å². The Hall–Kier alpha value is -0.610. The Balaban J connectivity index is 1.94. The van der Waals surface area contributed by atoms with E-state index in [-0.39, 0.29) is 11.9 Å². The van der Waals surface area contributed by atoms with Gasteiger partial charge in [-0.25, -0.2) is 0 Å². The number of morpholine rings is 1. The Kier molecular flexibility index (Phi) is 3.26. The molecule has 86 valence electrons. The summed E-state index contributed by atoms with van der Waals surface area (Å²) in [5, 5.41) is 3.21. The van der Waals surface area contributed by atoms with Crippen LogP contribution in [0, 0.1) is 5.92 Å². The maximum atomic E-state index is 12.1. The summed E-state index contributed by atoms with van der Waals surface area (Å²) in [4.78, 5) is 14.1. The normalized spacial score (nSPS) is 36.9. The molecule has 2 rings (SSSR count). The summed E-state index contributed by atoms with van der Waals surface area (Å²) in [6.07, 6.45) is 1.12. The van der Waals surface area contributed by atoms with Crippen LogP contribution in [0.5, 0.6) is 0 Å². The van der Waals surface area contributed by atoms with Crippen molar-refractivity contribution in [3.8, 4) is 0 Å². The van der Waals surface area contributed by atoms with Crippen molar-refractivity contribution in [3.05, 3.63) is 0 Å². The number of nitrogens with one attached hydrogen (secondary N) is 1. The molecular weight excluding hydrogens is 192 g/mol. The molecule has 2 fully saturated rings. The molecule has 0 aromatic rings. The van der Waals surface area contributed by atoms with E-state index in [2.05, 4.69) is 19.2 Å². The molecule has 1 N–H and O–H groups in total. The fourth-order valence-electron chi connectivity index (χ4n) is 2.53. The number of amides is 1. The van der Waals surface area contributed by atoms with Gasteiger partial charge in [-0.2, -0.15) is 0 Å². The topological polar surface area (TPSA) is 41.6 Å². The number of hydrogen-bond donors (Lipinski definition) is 1. The van der Waals surface area contributed by atoms with Crippen molar-refractivity contribution in [1.82, 2.24) is 10.2 Å². The van der Waals surface area contributed by atoms with Crippen molar-refractivity contribution in [2.75, 3.05) is 26.3 Å². The Bertz CT molecular complexity index is 239. The summed E-state index contributed by atoms with van der Waals surface area (Å²) in [5.74, 6) is 0.847. The molecule has 2 aliphatic heterocycles. The Morgan fingerprint density at radius 1 is 1.47 bits per heavy atom. The van der Waals surface area contributed by atoms with Gasteiger partial charge in [0.15, 0.2) is 0 Å². The van der Waals surface area contributed by atoms with E-state index in [1.54, 1.807) is 0 Å². The molecule has 0 radical (unpaired) electrons. The number of rotatable bonds is 1. The van der Waals surface area contributed by atoms with Crippen LogP contribution in [0.1, 0.15) is 20.3 Å². The van der Waals surface area contributed by atoms with Gasteiger partial charge in [0.2, 0.25) is 5.91 Å². The highest BCUT2D eigenvalue weighted by atomic mass is 16.5. The maximum Gasteiger partial charge on any atom is 0.242 e. The number of ether oxygens (including phenoxy) is 1. The molecule has 15 heavy (non-hydrogen) atoms. The van der Waals surface area contributed by atoms with Gasteiger partial charge < -0.3 is 15.0 Å². The van der Waals surface area contributed by atoms with Crippen molar-refractivity contribution < 1.29 is 9.53 Å². The first kappa shape index (κ1) is 10.9. The van der Waals surface area contributed by atoms with Gasteiger partial charge in [-0.15, -0.1) is 0 Å². The van der Waals surface area contributed by atoms with Crippen LogP contribution in [-0.2, 0) is 9.53 Å². The second kappa shape index (κ2) is 4.49. The summed E-state index contributed by atoms with van der Waals surface area (Å²) in [5.41, 5.74) is 0. The highest BCUT2D eigenvalue weighted by Gasteiger charge is 2.34. The molecule has 0 saturated carbocycles. The lowest BCUT2D eigenvalue weighted by Crippen LogP contribution is -2.53. The number of carbonyl (C=O) groups is 1. The zero-order valence-electron chi connectivity index (χ0n) is 9.53. The second-order valence-electron chi connectivity index (χ2n) is 4.76. The number of carbonyl (C=O) groups excluding carboxylic acids is 1. The monoisotopic (exact) mass is 212 g/mol. The van der Waals surface area contributed by atoms with Gasteiger partial charge in [0.05, 0.1) is 13.2 Å². The third-order valence-electron chi connectivity index (χ3n) is 3.29. The van der Waals surface area contributed by atoms with Gasteiger partial charge in [-0.1, -0.05) is 6.92 Å². The number of likely N-dealkylation sites (tertiary alicyclic amines) is 1. The standard InChI is InChI=1S/C11H20N2O2/c1-8-5-9(2)13(6-8)11(14)10-7-15-4-3-12-10/h8-10,12H,3-7H2,1-2H3. The van der Waals surface area contributed by atoms with Gasteiger partial charge in [0.1, 0.15) is 6.04 Å². The summed E-state index contributed by atoms with van der Waals surface area (Å²) < 4.78 is 5.31. The zero-order chi connectivity index (χ0) is 10.8. The van der Waals surface area contributed by atoms with Gasteiger partial charge in [-0.3, -0.25) is 4.79 Å². The molecule has 1 amide bonds. The molecule has 0 bridgehead atoms. The van der Waals surface area contributed by atoms with E-state index in [0.717, 1.165) is 26.1 Å². The Morgan fingerprint density at radius 2 is 2.27 bits per heavy atom. The summed E-state index contributed by atoms with van der Waals surface area (Å²) in [7, 11) is 0. The van der Waals surface area contributed by atoms with E-state index in [1.807, 2.05) is 4.90 Å². The third kappa shape index (κ3) is 2.32. The minimum absolute atomic E-state index is 0.119. The molecule has 3 atom stereocenters. The van der Waals surface area contributed by atoms with Crippen molar-refractivity contribution >= 4 is 5.91 Å². The minimum Gasteiger partial charge on any atom is -0.378 e. The Morgan fingerprint density at radius 3 is 2.80 bits per heavy atom. The predicted molar refractivity (Wildman–Crippen MR) is 57.6 cm³/mol. The first-order valence-electron chi connectivity index (χ1n) is 5.80. The SMILES string of the molecule is CC1CC(C)N(C(=O)C2COCCN2)C1. The van der Waals surface area contributed by atoms with Gasteiger partial charge in [0, 0.05) is 19.1 Å². The molecule has 3 unspecified atom stereocenters. The molecule has 2 saturated heterocycles. The lowest BCUT2D eigenvalue weighted by molar-refractivity contribution is -0.137. The van der Waals surface area contributed by atoms with Gasteiger partial charge >= 0.3 is 0 Å². The van der Waals surface area contributed by atoms with Crippen LogP contribution in [0.2, 0.25) is 0 Å². The molecule has 0 aromatic heterocycles. The molecule has 0 aromatic carbocycles. The lowest BCUT2D eigenvalue weighted by atomic mass is 10.1. The van der Waals surface area contributed by atoms with Crippen molar-refractivity contribution in [1.29, 1.82) is 0 Å². The van der Waals surface area contributed by atoms with E-state index in [9.17, 15) is 4.79 Å². The van der Waals surface area contributed by atoms with E-state index >= 15 is 0 Å². The zero-order valence-corrected chi connectivity index (χ0v) is 9.53. The van der Waals surface area contributed by atoms with Crippen molar-refractivity contribution in [3.63, 3.8) is 0 Å². The summed E-state index contributed by atoms with van der Waals surface area (Å²) in [6, 6.07) is 0.266. The van der Waals surface area contributed by atoms with Crippen LogP contribution in [0.15, 0.2) is 0 Å². The highest BCUT2D eigenvalue weighted by molar-refractivity contribution is 5.82. The van der Waals surface area contributed by atoms with Crippen LogP contribution >= 0.6 is 0 Å². The average Bonchev–Trinajstić information content (AvgIpc) is 2.58. The van der Waals surface area contributed by atoms with Gasteiger partial charge in [0.25, 0.3) is 0 Å². The third-order valence-corrected chi connectivity index (χ3v) is 3.29. The van der Waals surface area contributed by atoms with E-state index < -0.39 is 0 Å². The van der Waals surface area contributed by atoms with Crippen molar-refractivity contribution in [2.24, 2.45) is 5.92 Å². The first-order valence-corrected chi connectivity index (χ1v) is 5.80. The average molecular weight is 212 g/mol. The van der Waals surface area contributed by atoms with Crippen molar-refractivity contribution in [2.45, 2.75) is 32.4 Å². The van der Waals surface area contributed by atoms with Crippen LogP contribution in [-0.4, -0.2) is 49.2 Å². The molecule has 2 heterocycles. The second-order valence-corrected chi connectivity index (χ2v) is 4.76. The molecular formula is C11H20N2O2. The fraction of sp³-hybridized carbons (Fsp3) is 0.909. The largest absolute Gasteiger partial charge is 0.378 e. The Labute approximate surface area is 91.0 Å². The summed E-state index contributed by atoms with van der Waals surface area (Å²) >= 11 is 0. The van der Waals surface area contributed by atoms with Gasteiger partial charge in [-0.05, 0) is 19.3 Å². The molecule has 0 aliphatic carbocycles. The minimum atomic E-state index is -0.119. The number of nitrogens with zero attached hydrogens (tertiary/aromatic N) is 1. The lowest BCUT2D eigenvalue weighted by Gasteiger charge is -2.29. The van der Waals surface area contributed by atoms with Crippen LogP contribution < -0.4 is 5.32 Å². The highest BCUT2D eigenvalue weighted by Crippen LogP contribution is 2.23. The van der Waals surface area contributed by atoms with Crippen LogP contribution in [0.4, 0.5) is 0 Å². The van der Waals surface area contributed by atoms with Crippen LogP contribution in [0.3, 0.4) is 0 Å². The quantitative estimate of drug-likeness (QED) is 0.676. The fourth-order valence-corrected chi connectivity index (χ4v) is 2.53. The maximum absolute atomic E-state index is 12.1. The molecule has 4 nitrogen and oxygen atoms in total. The predicted octanol–water partition coefficient (Wildman–Crippen LogP) is 0.232. The number of hydrogen-bond acceptors (Lipinski definition) is 3.